The molecule has 0 amide bonds. The Balaban J connectivity index is 1.89. The molecule has 4 rings (SSSR count). The van der Waals surface area contributed by atoms with Gasteiger partial charge in [-0.05, 0) is 28.5 Å². The SMILES string of the molecule is CC(=O)ON=Cc1c(-c2ccc3ccccc3c2)[nH]c2ccccc12. The maximum Gasteiger partial charge on any atom is 0.331 e. The van der Waals surface area contributed by atoms with Crippen LogP contribution in [0.15, 0.2) is 71.9 Å². The highest BCUT2D eigenvalue weighted by molar-refractivity contribution is 6.06. The number of H-pyrrole nitrogens is 1. The Hall–Kier alpha value is -3.40. The number of nitrogens with one attached hydrogen (secondary N) is 1. The molecule has 1 heterocycles. The molecule has 0 radical (unpaired) electrons. The highest BCUT2D eigenvalue weighted by Gasteiger charge is 2.12. The van der Waals surface area contributed by atoms with Gasteiger partial charge in [0.1, 0.15) is 0 Å². The highest BCUT2D eigenvalue weighted by Crippen LogP contribution is 2.31. The lowest BCUT2D eigenvalue weighted by atomic mass is 10.0. The van der Waals surface area contributed by atoms with Gasteiger partial charge in [0, 0.05) is 23.4 Å². The van der Waals surface area contributed by atoms with Crippen molar-refractivity contribution in [1.29, 1.82) is 0 Å². The van der Waals surface area contributed by atoms with Crippen LogP contribution in [-0.2, 0) is 9.63 Å². The maximum atomic E-state index is 11.0. The van der Waals surface area contributed by atoms with Gasteiger partial charge in [-0.1, -0.05) is 59.8 Å². The fraction of sp³-hybridized carbons (Fsp3) is 0.0476. The number of hydrogen-bond acceptors (Lipinski definition) is 3. The Morgan fingerprint density at radius 1 is 1.00 bits per heavy atom. The summed E-state index contributed by atoms with van der Waals surface area (Å²) in [6.07, 6.45) is 1.59. The predicted molar refractivity (Wildman–Crippen MR) is 101 cm³/mol. The van der Waals surface area contributed by atoms with Crippen molar-refractivity contribution in [3.63, 3.8) is 0 Å². The van der Waals surface area contributed by atoms with Crippen molar-refractivity contribution in [3.8, 4) is 11.3 Å². The minimum absolute atomic E-state index is 0.441. The van der Waals surface area contributed by atoms with Crippen LogP contribution in [0.2, 0.25) is 0 Å². The van der Waals surface area contributed by atoms with Gasteiger partial charge < -0.3 is 9.82 Å². The van der Waals surface area contributed by atoms with Crippen LogP contribution in [-0.4, -0.2) is 17.2 Å². The molecule has 1 N–H and O–H groups in total. The summed E-state index contributed by atoms with van der Waals surface area (Å²) in [7, 11) is 0. The maximum absolute atomic E-state index is 11.0. The van der Waals surface area contributed by atoms with E-state index >= 15 is 0 Å². The molecule has 4 nitrogen and oxygen atoms in total. The van der Waals surface area contributed by atoms with E-state index < -0.39 is 5.97 Å². The zero-order chi connectivity index (χ0) is 17.2. The molecular formula is C21H16N2O2. The van der Waals surface area contributed by atoms with E-state index in [0.29, 0.717) is 0 Å². The molecule has 0 saturated carbocycles. The number of carbonyl (C=O) groups is 1. The van der Waals surface area contributed by atoms with Gasteiger partial charge in [0.15, 0.2) is 0 Å². The average Bonchev–Trinajstić information content (AvgIpc) is 3.00. The van der Waals surface area contributed by atoms with Gasteiger partial charge in [-0.25, -0.2) is 4.79 Å². The number of rotatable bonds is 3. The van der Waals surface area contributed by atoms with Gasteiger partial charge in [0.05, 0.1) is 11.9 Å². The third-order valence-corrected chi connectivity index (χ3v) is 4.15. The molecule has 0 atom stereocenters. The monoisotopic (exact) mass is 328 g/mol. The number of aromatic amines is 1. The summed E-state index contributed by atoms with van der Waals surface area (Å²) in [6, 6.07) is 22.6. The minimum Gasteiger partial charge on any atom is -0.354 e. The van der Waals surface area contributed by atoms with E-state index in [4.69, 9.17) is 4.84 Å². The van der Waals surface area contributed by atoms with Gasteiger partial charge in [-0.15, -0.1) is 0 Å². The van der Waals surface area contributed by atoms with Crippen molar-refractivity contribution < 1.29 is 9.63 Å². The topological polar surface area (TPSA) is 54.4 Å². The Labute approximate surface area is 144 Å². The van der Waals surface area contributed by atoms with E-state index in [1.54, 1.807) is 6.21 Å². The van der Waals surface area contributed by atoms with Crippen LogP contribution in [0, 0.1) is 0 Å². The molecule has 0 saturated heterocycles. The van der Waals surface area contributed by atoms with E-state index in [1.807, 2.05) is 36.4 Å². The van der Waals surface area contributed by atoms with Crippen LogP contribution in [0.25, 0.3) is 32.9 Å². The van der Waals surface area contributed by atoms with Gasteiger partial charge >= 0.3 is 5.97 Å². The van der Waals surface area contributed by atoms with E-state index in [1.165, 1.54) is 17.7 Å². The Morgan fingerprint density at radius 2 is 1.76 bits per heavy atom. The quantitative estimate of drug-likeness (QED) is 0.331. The minimum atomic E-state index is -0.441. The first-order valence-electron chi connectivity index (χ1n) is 8.03. The summed E-state index contributed by atoms with van der Waals surface area (Å²) in [5.74, 6) is -0.441. The Bertz CT molecular complexity index is 1110. The summed E-state index contributed by atoms with van der Waals surface area (Å²) in [5.41, 5.74) is 3.91. The van der Waals surface area contributed by atoms with Crippen molar-refractivity contribution in [3.05, 3.63) is 72.3 Å². The number of benzene rings is 3. The normalized spacial score (nSPS) is 11.4. The zero-order valence-corrected chi connectivity index (χ0v) is 13.7. The summed E-state index contributed by atoms with van der Waals surface area (Å²) < 4.78 is 0. The number of aromatic nitrogens is 1. The van der Waals surface area contributed by atoms with Crippen molar-refractivity contribution in [2.75, 3.05) is 0 Å². The molecule has 0 bridgehead atoms. The molecule has 3 aromatic carbocycles. The second kappa shape index (κ2) is 6.24. The summed E-state index contributed by atoms with van der Waals surface area (Å²) in [5, 5.41) is 7.21. The Morgan fingerprint density at radius 3 is 2.60 bits per heavy atom. The van der Waals surface area contributed by atoms with Gasteiger partial charge in [-0.3, -0.25) is 0 Å². The van der Waals surface area contributed by atoms with Crippen LogP contribution in [0.1, 0.15) is 12.5 Å². The first kappa shape index (κ1) is 15.1. The fourth-order valence-corrected chi connectivity index (χ4v) is 3.02. The van der Waals surface area contributed by atoms with Crippen molar-refractivity contribution in [2.24, 2.45) is 5.16 Å². The van der Waals surface area contributed by atoms with Gasteiger partial charge in [-0.2, -0.15) is 0 Å². The van der Waals surface area contributed by atoms with E-state index in [9.17, 15) is 4.79 Å². The third kappa shape index (κ3) is 2.90. The van der Waals surface area contributed by atoms with Crippen molar-refractivity contribution in [2.45, 2.75) is 6.92 Å². The molecule has 25 heavy (non-hydrogen) atoms. The van der Waals surface area contributed by atoms with E-state index in [0.717, 1.165) is 27.7 Å². The molecule has 0 aliphatic heterocycles. The molecule has 0 spiro atoms. The first-order valence-corrected chi connectivity index (χ1v) is 8.03. The molecule has 4 aromatic rings. The second-order valence-electron chi connectivity index (χ2n) is 5.84. The van der Waals surface area contributed by atoms with E-state index in [-0.39, 0.29) is 0 Å². The standard InChI is InChI=1S/C21H16N2O2/c1-14(24)25-22-13-19-18-8-4-5-9-20(18)23-21(19)17-11-10-15-6-2-3-7-16(15)12-17/h2-13,23H,1H3. The lowest BCUT2D eigenvalue weighted by Crippen LogP contribution is -1.92. The Kier molecular flexibility index (Phi) is 3.78. The lowest BCUT2D eigenvalue weighted by molar-refractivity contribution is -0.140. The van der Waals surface area contributed by atoms with Crippen LogP contribution < -0.4 is 0 Å². The van der Waals surface area contributed by atoms with Crippen LogP contribution >= 0.6 is 0 Å². The number of hydrogen-bond donors (Lipinski definition) is 1. The van der Waals surface area contributed by atoms with Gasteiger partial charge in [0.2, 0.25) is 0 Å². The fourth-order valence-electron chi connectivity index (χ4n) is 3.02. The number of nitrogens with zero attached hydrogens (tertiary/aromatic N) is 1. The predicted octanol–water partition coefficient (Wildman–Crippen LogP) is 4.89. The number of oxime groups is 1. The van der Waals surface area contributed by atoms with E-state index in [2.05, 4.69) is 40.5 Å². The number of para-hydroxylation sites is 1. The summed E-state index contributed by atoms with van der Waals surface area (Å²) >= 11 is 0. The zero-order valence-electron chi connectivity index (χ0n) is 13.7. The highest BCUT2D eigenvalue weighted by atomic mass is 16.7. The molecule has 0 unspecified atom stereocenters. The number of carbonyl (C=O) groups excluding carboxylic acids is 1. The molecule has 1 aromatic heterocycles. The molecule has 4 heteroatoms. The second-order valence-corrected chi connectivity index (χ2v) is 5.84. The molecule has 0 aliphatic rings. The third-order valence-electron chi connectivity index (χ3n) is 4.15. The molecule has 122 valence electrons. The van der Waals surface area contributed by atoms with Crippen molar-refractivity contribution in [1.82, 2.24) is 4.98 Å². The van der Waals surface area contributed by atoms with Crippen molar-refractivity contribution >= 4 is 33.9 Å². The van der Waals surface area contributed by atoms with Crippen LogP contribution in [0.4, 0.5) is 0 Å². The van der Waals surface area contributed by atoms with Crippen LogP contribution in [0.3, 0.4) is 0 Å². The summed E-state index contributed by atoms with van der Waals surface area (Å²) in [4.78, 5) is 19.2. The first-order chi connectivity index (χ1) is 12.2. The lowest BCUT2D eigenvalue weighted by Gasteiger charge is -2.04. The molecule has 0 aliphatic carbocycles. The summed E-state index contributed by atoms with van der Waals surface area (Å²) in [6.45, 7) is 1.33. The average molecular weight is 328 g/mol. The van der Waals surface area contributed by atoms with Crippen LogP contribution in [0.5, 0.6) is 0 Å². The molecular weight excluding hydrogens is 312 g/mol. The molecule has 0 fully saturated rings. The van der Waals surface area contributed by atoms with Gasteiger partial charge in [0.25, 0.3) is 0 Å². The number of fused-ring (bicyclic) bond motifs is 2. The largest absolute Gasteiger partial charge is 0.354 e. The smallest absolute Gasteiger partial charge is 0.331 e.